The van der Waals surface area contributed by atoms with E-state index in [0.717, 1.165) is 0 Å². The summed E-state index contributed by atoms with van der Waals surface area (Å²) in [6.07, 6.45) is -1.95. The molecule has 70 valence electrons. The molecule has 0 radical (unpaired) electrons. The smallest absolute Gasteiger partial charge is 0.407 e. The normalized spacial score (nSPS) is 26.8. The van der Waals surface area contributed by atoms with Gasteiger partial charge < -0.3 is 19.8 Å². The maximum Gasteiger partial charge on any atom is 0.407 e. The topological polar surface area (TPSA) is 70.0 Å². The number of hydrogen-bond donors (Lipinski definition) is 2. The second-order valence-electron chi connectivity index (χ2n) is 2.88. The number of aliphatic hydroxyl groups excluding tert-OH is 1. The van der Waals surface area contributed by atoms with E-state index in [-0.39, 0.29) is 12.6 Å². The summed E-state index contributed by atoms with van der Waals surface area (Å²) in [5, 5.41) is 17.8. The van der Waals surface area contributed by atoms with E-state index in [1.54, 1.807) is 6.92 Å². The predicted molar refractivity (Wildman–Crippen MR) is 41.0 cm³/mol. The van der Waals surface area contributed by atoms with E-state index < -0.39 is 12.2 Å². The SMILES string of the molecule is C[C@H](O)C1CN(C(=O)O)CCO1. The highest BCUT2D eigenvalue weighted by Gasteiger charge is 2.26. The van der Waals surface area contributed by atoms with Crippen LogP contribution < -0.4 is 0 Å². The molecule has 5 heteroatoms. The third-order valence-corrected chi connectivity index (χ3v) is 1.90. The first-order valence-corrected chi connectivity index (χ1v) is 3.89. The fourth-order valence-corrected chi connectivity index (χ4v) is 1.14. The summed E-state index contributed by atoms with van der Waals surface area (Å²) in [5.41, 5.74) is 0. The number of rotatable bonds is 1. The molecule has 1 unspecified atom stereocenters. The largest absolute Gasteiger partial charge is 0.465 e. The molecule has 0 aromatic carbocycles. The van der Waals surface area contributed by atoms with Crippen LogP contribution in [0, 0.1) is 0 Å². The Bertz CT molecular complexity index is 171. The average molecular weight is 175 g/mol. The summed E-state index contributed by atoms with van der Waals surface area (Å²) >= 11 is 0. The lowest BCUT2D eigenvalue weighted by Gasteiger charge is -2.32. The Balaban J connectivity index is 2.46. The monoisotopic (exact) mass is 175 g/mol. The molecule has 0 aromatic rings. The second-order valence-corrected chi connectivity index (χ2v) is 2.88. The van der Waals surface area contributed by atoms with Gasteiger partial charge in [0.1, 0.15) is 6.10 Å². The van der Waals surface area contributed by atoms with Crippen molar-refractivity contribution in [3.05, 3.63) is 0 Å². The van der Waals surface area contributed by atoms with Crippen molar-refractivity contribution in [1.82, 2.24) is 4.90 Å². The lowest BCUT2D eigenvalue weighted by atomic mass is 10.2. The molecular formula is C7H13NO4. The molecule has 12 heavy (non-hydrogen) atoms. The van der Waals surface area contributed by atoms with E-state index in [4.69, 9.17) is 14.9 Å². The Hall–Kier alpha value is -0.810. The summed E-state index contributed by atoms with van der Waals surface area (Å²) in [6, 6.07) is 0. The van der Waals surface area contributed by atoms with E-state index >= 15 is 0 Å². The van der Waals surface area contributed by atoms with Crippen LogP contribution in [0.25, 0.3) is 0 Å². The van der Waals surface area contributed by atoms with Gasteiger partial charge in [0, 0.05) is 6.54 Å². The van der Waals surface area contributed by atoms with Gasteiger partial charge >= 0.3 is 6.09 Å². The lowest BCUT2D eigenvalue weighted by Crippen LogP contribution is -2.48. The minimum Gasteiger partial charge on any atom is -0.465 e. The van der Waals surface area contributed by atoms with Crippen LogP contribution in [0.4, 0.5) is 4.79 Å². The molecule has 2 atom stereocenters. The van der Waals surface area contributed by atoms with Crippen molar-refractivity contribution in [2.45, 2.75) is 19.1 Å². The van der Waals surface area contributed by atoms with E-state index in [2.05, 4.69) is 0 Å². The van der Waals surface area contributed by atoms with Gasteiger partial charge in [-0.25, -0.2) is 4.79 Å². The Morgan fingerprint density at radius 3 is 2.92 bits per heavy atom. The Morgan fingerprint density at radius 2 is 2.42 bits per heavy atom. The number of carboxylic acid groups (broad SMARTS) is 1. The van der Waals surface area contributed by atoms with Gasteiger partial charge in [0.15, 0.2) is 0 Å². The average Bonchev–Trinajstić information content (AvgIpc) is 2.04. The van der Waals surface area contributed by atoms with Gasteiger partial charge in [0.2, 0.25) is 0 Å². The molecule has 0 bridgehead atoms. The zero-order valence-electron chi connectivity index (χ0n) is 6.93. The van der Waals surface area contributed by atoms with Gasteiger partial charge in [-0.15, -0.1) is 0 Å². The van der Waals surface area contributed by atoms with Crippen molar-refractivity contribution in [3.63, 3.8) is 0 Å². The fraction of sp³-hybridized carbons (Fsp3) is 0.857. The molecule has 0 spiro atoms. The third kappa shape index (κ3) is 2.09. The minimum absolute atomic E-state index is 0.257. The molecule has 5 nitrogen and oxygen atoms in total. The van der Waals surface area contributed by atoms with Crippen molar-refractivity contribution in [2.75, 3.05) is 19.7 Å². The van der Waals surface area contributed by atoms with Crippen LogP contribution in [0.5, 0.6) is 0 Å². The molecule has 1 fully saturated rings. The van der Waals surface area contributed by atoms with Crippen molar-refractivity contribution in [3.8, 4) is 0 Å². The van der Waals surface area contributed by atoms with Gasteiger partial charge in [-0.2, -0.15) is 0 Å². The summed E-state index contributed by atoms with van der Waals surface area (Å²) < 4.78 is 5.16. The first-order chi connectivity index (χ1) is 5.61. The minimum atomic E-state index is -0.955. The number of ether oxygens (including phenoxy) is 1. The van der Waals surface area contributed by atoms with Gasteiger partial charge in [-0.05, 0) is 6.92 Å². The van der Waals surface area contributed by atoms with E-state index in [1.807, 2.05) is 0 Å². The number of nitrogens with zero attached hydrogens (tertiary/aromatic N) is 1. The fourth-order valence-electron chi connectivity index (χ4n) is 1.14. The first kappa shape index (κ1) is 9.28. The Kier molecular flexibility index (Phi) is 2.88. The molecule has 0 aliphatic carbocycles. The maximum absolute atomic E-state index is 10.5. The lowest BCUT2D eigenvalue weighted by molar-refractivity contribution is -0.0760. The quantitative estimate of drug-likeness (QED) is 0.576. The van der Waals surface area contributed by atoms with Crippen molar-refractivity contribution >= 4 is 6.09 Å². The van der Waals surface area contributed by atoms with Crippen LogP contribution in [0.2, 0.25) is 0 Å². The van der Waals surface area contributed by atoms with Crippen LogP contribution in [0.1, 0.15) is 6.92 Å². The van der Waals surface area contributed by atoms with Crippen molar-refractivity contribution in [2.24, 2.45) is 0 Å². The summed E-state index contributed by atoms with van der Waals surface area (Å²) in [6.45, 7) is 2.60. The molecule has 1 saturated heterocycles. The number of morpholine rings is 1. The van der Waals surface area contributed by atoms with E-state index in [1.165, 1.54) is 4.90 Å². The van der Waals surface area contributed by atoms with Gasteiger partial charge in [-0.1, -0.05) is 0 Å². The van der Waals surface area contributed by atoms with Gasteiger partial charge in [0.05, 0.1) is 19.3 Å². The molecule has 0 aromatic heterocycles. The molecule has 1 heterocycles. The van der Waals surface area contributed by atoms with Crippen molar-refractivity contribution < 1.29 is 19.7 Å². The summed E-state index contributed by atoms with van der Waals surface area (Å²) in [5.74, 6) is 0. The Labute approximate surface area is 70.5 Å². The predicted octanol–water partition coefficient (Wildman–Crippen LogP) is -0.254. The van der Waals surface area contributed by atoms with Gasteiger partial charge in [-0.3, -0.25) is 0 Å². The van der Waals surface area contributed by atoms with E-state index in [9.17, 15) is 4.79 Å². The highest BCUT2D eigenvalue weighted by molar-refractivity contribution is 5.65. The second kappa shape index (κ2) is 3.73. The van der Waals surface area contributed by atoms with Gasteiger partial charge in [0.25, 0.3) is 0 Å². The van der Waals surface area contributed by atoms with Crippen LogP contribution in [-0.4, -0.2) is 53.1 Å². The van der Waals surface area contributed by atoms with Crippen LogP contribution in [-0.2, 0) is 4.74 Å². The zero-order chi connectivity index (χ0) is 9.14. The molecule has 2 N–H and O–H groups in total. The highest BCUT2D eigenvalue weighted by Crippen LogP contribution is 2.08. The van der Waals surface area contributed by atoms with E-state index in [0.29, 0.717) is 13.2 Å². The first-order valence-electron chi connectivity index (χ1n) is 3.89. The zero-order valence-corrected chi connectivity index (χ0v) is 6.93. The molecule has 1 aliphatic rings. The summed E-state index contributed by atoms with van der Waals surface area (Å²) in [7, 11) is 0. The summed E-state index contributed by atoms with van der Waals surface area (Å²) in [4.78, 5) is 11.8. The maximum atomic E-state index is 10.5. The Morgan fingerprint density at radius 1 is 1.75 bits per heavy atom. The van der Waals surface area contributed by atoms with Crippen LogP contribution in [0.3, 0.4) is 0 Å². The molecule has 1 amide bonds. The van der Waals surface area contributed by atoms with Crippen LogP contribution in [0.15, 0.2) is 0 Å². The van der Waals surface area contributed by atoms with Crippen LogP contribution >= 0.6 is 0 Å². The molecular weight excluding hydrogens is 162 g/mol. The highest BCUT2D eigenvalue weighted by atomic mass is 16.5. The standard InChI is InChI=1S/C7H13NO4/c1-5(9)6-4-8(7(10)11)2-3-12-6/h5-6,9H,2-4H2,1H3,(H,10,11)/t5-,6?/m0/s1. The number of amides is 1. The number of carbonyl (C=O) groups is 1. The molecule has 1 rings (SSSR count). The molecule has 0 saturated carbocycles. The number of aliphatic hydroxyl groups is 1. The third-order valence-electron chi connectivity index (χ3n) is 1.90. The molecule has 1 aliphatic heterocycles. The van der Waals surface area contributed by atoms with Crippen molar-refractivity contribution in [1.29, 1.82) is 0 Å². The number of hydrogen-bond acceptors (Lipinski definition) is 3.